The van der Waals surface area contributed by atoms with Crippen molar-refractivity contribution >= 4 is 0 Å². The monoisotopic (exact) mass is 214 g/mol. The summed E-state index contributed by atoms with van der Waals surface area (Å²) in [5.41, 5.74) is 0.459. The third kappa shape index (κ3) is 6.16. The topological polar surface area (TPSA) is 24.1 Å². The van der Waals surface area contributed by atoms with E-state index in [0.29, 0.717) is 6.17 Å². The summed E-state index contributed by atoms with van der Waals surface area (Å²) in [5, 5.41) is 7.30. The Morgan fingerprint density at radius 1 is 1.00 bits per heavy atom. The standard InChI is InChI=1S/C13H30N2/c1-8-10-14-11(12(3,4)5)15-13(6,7)9-2/h11,14-15H,8-10H2,1-7H3. The molecule has 2 heteroatoms. The maximum atomic E-state index is 3.71. The van der Waals surface area contributed by atoms with Gasteiger partial charge in [0.25, 0.3) is 0 Å². The molecular formula is C13H30N2. The first kappa shape index (κ1) is 14.9. The van der Waals surface area contributed by atoms with Crippen LogP contribution in [0.5, 0.6) is 0 Å². The van der Waals surface area contributed by atoms with Crippen molar-refractivity contribution in [2.24, 2.45) is 5.41 Å². The molecular weight excluding hydrogens is 184 g/mol. The van der Waals surface area contributed by atoms with Crippen LogP contribution >= 0.6 is 0 Å². The molecule has 0 amide bonds. The molecule has 0 saturated carbocycles. The molecule has 15 heavy (non-hydrogen) atoms. The first-order chi connectivity index (χ1) is 6.73. The average molecular weight is 214 g/mol. The maximum absolute atomic E-state index is 3.71. The molecule has 0 bridgehead atoms. The molecule has 0 spiro atoms. The Hall–Kier alpha value is -0.0800. The van der Waals surface area contributed by atoms with E-state index in [4.69, 9.17) is 0 Å². The molecule has 0 heterocycles. The van der Waals surface area contributed by atoms with E-state index in [1.807, 2.05) is 0 Å². The Labute approximate surface area is 96.2 Å². The van der Waals surface area contributed by atoms with Crippen LogP contribution in [-0.2, 0) is 0 Å². The second-order valence-electron chi connectivity index (χ2n) is 6.13. The summed E-state index contributed by atoms with van der Waals surface area (Å²) in [5.74, 6) is 0. The smallest absolute Gasteiger partial charge is 0.0625 e. The minimum absolute atomic E-state index is 0.207. The molecule has 0 fully saturated rings. The summed E-state index contributed by atoms with van der Waals surface area (Å²) in [6.45, 7) is 16.9. The van der Waals surface area contributed by atoms with E-state index in [1.165, 1.54) is 6.42 Å². The van der Waals surface area contributed by atoms with Crippen molar-refractivity contribution in [3.05, 3.63) is 0 Å². The lowest BCUT2D eigenvalue weighted by molar-refractivity contribution is 0.174. The lowest BCUT2D eigenvalue weighted by atomic mass is 9.89. The highest BCUT2D eigenvalue weighted by Crippen LogP contribution is 2.20. The van der Waals surface area contributed by atoms with Crippen molar-refractivity contribution in [1.82, 2.24) is 10.6 Å². The number of rotatable bonds is 6. The largest absolute Gasteiger partial charge is 0.301 e. The van der Waals surface area contributed by atoms with E-state index in [9.17, 15) is 0 Å². The third-order valence-electron chi connectivity index (χ3n) is 2.88. The minimum Gasteiger partial charge on any atom is -0.301 e. The van der Waals surface area contributed by atoms with Gasteiger partial charge in [0.2, 0.25) is 0 Å². The zero-order valence-electron chi connectivity index (χ0n) is 11.7. The molecule has 0 saturated heterocycles. The molecule has 1 unspecified atom stereocenters. The highest BCUT2D eigenvalue weighted by Gasteiger charge is 2.28. The van der Waals surface area contributed by atoms with Gasteiger partial charge in [-0.1, -0.05) is 34.6 Å². The van der Waals surface area contributed by atoms with E-state index in [2.05, 4.69) is 59.1 Å². The first-order valence-corrected chi connectivity index (χ1v) is 6.24. The van der Waals surface area contributed by atoms with Gasteiger partial charge in [-0.05, 0) is 38.6 Å². The quantitative estimate of drug-likeness (QED) is 0.664. The third-order valence-corrected chi connectivity index (χ3v) is 2.88. The second-order valence-corrected chi connectivity index (χ2v) is 6.13. The fourth-order valence-corrected chi connectivity index (χ4v) is 1.36. The molecule has 0 aliphatic rings. The molecule has 92 valence electrons. The van der Waals surface area contributed by atoms with Gasteiger partial charge in [-0.25, -0.2) is 0 Å². The lowest BCUT2D eigenvalue weighted by Gasteiger charge is -2.39. The summed E-state index contributed by atoms with van der Waals surface area (Å²) < 4.78 is 0. The fraction of sp³-hybridized carbons (Fsp3) is 1.00. The van der Waals surface area contributed by atoms with Crippen molar-refractivity contribution in [3.8, 4) is 0 Å². The fourth-order valence-electron chi connectivity index (χ4n) is 1.36. The van der Waals surface area contributed by atoms with Crippen molar-refractivity contribution in [1.29, 1.82) is 0 Å². The van der Waals surface area contributed by atoms with Gasteiger partial charge in [-0.2, -0.15) is 0 Å². The molecule has 0 aromatic heterocycles. The zero-order valence-corrected chi connectivity index (χ0v) is 11.7. The minimum atomic E-state index is 0.207. The van der Waals surface area contributed by atoms with Crippen LogP contribution in [0, 0.1) is 5.41 Å². The first-order valence-electron chi connectivity index (χ1n) is 6.24. The second kappa shape index (κ2) is 5.86. The Bertz CT molecular complexity index is 168. The lowest BCUT2D eigenvalue weighted by Crippen LogP contribution is -2.58. The van der Waals surface area contributed by atoms with E-state index in [0.717, 1.165) is 13.0 Å². The van der Waals surface area contributed by atoms with Crippen molar-refractivity contribution in [2.45, 2.75) is 73.0 Å². The molecule has 0 radical (unpaired) electrons. The van der Waals surface area contributed by atoms with Gasteiger partial charge < -0.3 is 5.32 Å². The van der Waals surface area contributed by atoms with Gasteiger partial charge in [-0.15, -0.1) is 0 Å². The van der Waals surface area contributed by atoms with Crippen LogP contribution in [0.1, 0.15) is 61.3 Å². The molecule has 0 aliphatic heterocycles. The van der Waals surface area contributed by atoms with Crippen molar-refractivity contribution in [2.75, 3.05) is 6.54 Å². The molecule has 0 aromatic rings. The number of hydrogen-bond acceptors (Lipinski definition) is 2. The van der Waals surface area contributed by atoms with Crippen molar-refractivity contribution in [3.63, 3.8) is 0 Å². The summed E-state index contributed by atoms with van der Waals surface area (Å²) in [6.07, 6.45) is 2.71. The highest BCUT2D eigenvalue weighted by atomic mass is 15.2. The summed E-state index contributed by atoms with van der Waals surface area (Å²) in [7, 11) is 0. The van der Waals surface area contributed by atoms with Gasteiger partial charge in [0.05, 0.1) is 6.17 Å². The average Bonchev–Trinajstić information content (AvgIpc) is 2.10. The number of hydrogen-bond donors (Lipinski definition) is 2. The normalized spacial score (nSPS) is 15.4. The van der Waals surface area contributed by atoms with Gasteiger partial charge in [0.15, 0.2) is 0 Å². The Morgan fingerprint density at radius 3 is 1.87 bits per heavy atom. The summed E-state index contributed by atoms with van der Waals surface area (Å²) in [4.78, 5) is 0. The Kier molecular flexibility index (Phi) is 5.82. The van der Waals surface area contributed by atoms with Crippen LogP contribution in [0.2, 0.25) is 0 Å². The molecule has 2 nitrogen and oxygen atoms in total. The van der Waals surface area contributed by atoms with Crippen LogP contribution in [0.25, 0.3) is 0 Å². The van der Waals surface area contributed by atoms with Gasteiger partial charge >= 0.3 is 0 Å². The van der Waals surface area contributed by atoms with Gasteiger partial charge in [0.1, 0.15) is 0 Å². The molecule has 0 rings (SSSR count). The van der Waals surface area contributed by atoms with E-state index in [-0.39, 0.29) is 11.0 Å². The predicted octanol–water partition coefficient (Wildman–Crippen LogP) is 3.14. The van der Waals surface area contributed by atoms with Gasteiger partial charge in [-0.3, -0.25) is 5.32 Å². The van der Waals surface area contributed by atoms with Gasteiger partial charge in [0, 0.05) is 5.54 Å². The van der Waals surface area contributed by atoms with Crippen LogP contribution in [-0.4, -0.2) is 18.2 Å². The van der Waals surface area contributed by atoms with E-state index in [1.54, 1.807) is 0 Å². The SMILES string of the molecule is CCCNC(NC(C)(C)CC)C(C)(C)C. The summed E-state index contributed by atoms with van der Waals surface area (Å²) in [6, 6.07) is 0. The van der Waals surface area contributed by atoms with E-state index < -0.39 is 0 Å². The summed E-state index contributed by atoms with van der Waals surface area (Å²) >= 11 is 0. The molecule has 0 aromatic carbocycles. The zero-order chi connectivity index (χ0) is 12.1. The highest BCUT2D eigenvalue weighted by molar-refractivity contribution is 4.86. The number of nitrogens with one attached hydrogen (secondary N) is 2. The van der Waals surface area contributed by atoms with E-state index >= 15 is 0 Å². The van der Waals surface area contributed by atoms with Crippen LogP contribution in [0.3, 0.4) is 0 Å². The van der Waals surface area contributed by atoms with Crippen LogP contribution in [0.15, 0.2) is 0 Å². The van der Waals surface area contributed by atoms with Crippen LogP contribution < -0.4 is 10.6 Å². The Balaban J connectivity index is 4.38. The molecule has 2 N–H and O–H groups in total. The molecule has 1 atom stereocenters. The Morgan fingerprint density at radius 2 is 1.53 bits per heavy atom. The van der Waals surface area contributed by atoms with Crippen molar-refractivity contribution < 1.29 is 0 Å². The molecule has 0 aliphatic carbocycles. The predicted molar refractivity (Wildman–Crippen MR) is 69.0 cm³/mol. The van der Waals surface area contributed by atoms with Crippen LogP contribution in [0.4, 0.5) is 0 Å². The maximum Gasteiger partial charge on any atom is 0.0625 e.